The van der Waals surface area contributed by atoms with Crippen molar-refractivity contribution in [1.82, 2.24) is 0 Å². The molecule has 0 radical (unpaired) electrons. The highest BCUT2D eigenvalue weighted by Gasteiger charge is 2.73. The van der Waals surface area contributed by atoms with Gasteiger partial charge in [0.1, 0.15) is 5.60 Å². The Hall–Kier alpha value is -1.40. The molecule has 0 spiro atoms. The average Bonchev–Trinajstić information content (AvgIpc) is 2.88. The molecule has 0 N–H and O–H groups in total. The second-order valence-corrected chi connectivity index (χ2v) is 17.7. The molecule has 0 heterocycles. The Kier molecular flexibility index (Phi) is 6.64. The first-order chi connectivity index (χ1) is 15.1. The van der Waals surface area contributed by atoms with Gasteiger partial charge in [-0.25, -0.2) is 9.59 Å². The van der Waals surface area contributed by atoms with Gasteiger partial charge in [0.15, 0.2) is 0 Å². The molecule has 0 amide bonds. The van der Waals surface area contributed by atoms with Crippen molar-refractivity contribution in [3.63, 3.8) is 0 Å². The number of hydrogen-bond donors (Lipinski definition) is 0. The highest BCUT2D eigenvalue weighted by Crippen LogP contribution is 2.70. The van der Waals surface area contributed by atoms with Gasteiger partial charge in [0.05, 0.1) is 19.8 Å². The molecule has 1 fully saturated rings. The van der Waals surface area contributed by atoms with Crippen LogP contribution in [0.5, 0.6) is 0 Å². The van der Waals surface area contributed by atoms with Crippen LogP contribution in [0.1, 0.15) is 75.2 Å². The summed E-state index contributed by atoms with van der Waals surface area (Å²) in [5, 5.41) is 0. The van der Waals surface area contributed by atoms with Gasteiger partial charge < -0.3 is 13.9 Å². The highest BCUT2D eigenvalue weighted by molar-refractivity contribution is 6.77. The van der Waals surface area contributed by atoms with Crippen molar-refractivity contribution >= 4 is 20.3 Å². The summed E-state index contributed by atoms with van der Waals surface area (Å²) in [6.45, 7) is 20.4. The number of rotatable bonds is 7. The Morgan fingerprint density at radius 1 is 0.909 bits per heavy atom. The lowest BCUT2D eigenvalue weighted by Crippen LogP contribution is -2.71. The third-order valence-corrected chi connectivity index (χ3v) is 15.1. The van der Waals surface area contributed by atoms with E-state index in [0.717, 1.165) is 18.4 Å². The molecule has 0 saturated heterocycles. The van der Waals surface area contributed by atoms with Gasteiger partial charge in [0, 0.05) is 22.8 Å². The van der Waals surface area contributed by atoms with E-state index in [2.05, 4.69) is 68.4 Å². The van der Waals surface area contributed by atoms with Crippen molar-refractivity contribution in [2.75, 3.05) is 14.2 Å². The van der Waals surface area contributed by atoms with Crippen LogP contribution in [0, 0.1) is 22.7 Å². The first-order valence-electron chi connectivity index (χ1n) is 12.5. The van der Waals surface area contributed by atoms with E-state index in [1.807, 2.05) is 6.08 Å². The van der Waals surface area contributed by atoms with Crippen LogP contribution >= 0.6 is 0 Å². The summed E-state index contributed by atoms with van der Waals surface area (Å²) >= 11 is 0. The van der Waals surface area contributed by atoms with Gasteiger partial charge in [-0.15, -0.1) is 0 Å². The minimum atomic E-state index is -2.38. The predicted octanol–water partition coefficient (Wildman–Crippen LogP) is 6.20. The maximum Gasteiger partial charge on any atom is 0.336 e. The van der Waals surface area contributed by atoms with Crippen LogP contribution in [0.2, 0.25) is 16.6 Å². The molecule has 5 nitrogen and oxygen atoms in total. The summed E-state index contributed by atoms with van der Waals surface area (Å²) in [5.74, 6) is -0.764. The van der Waals surface area contributed by atoms with Crippen molar-refractivity contribution in [2.45, 2.75) is 97.4 Å². The van der Waals surface area contributed by atoms with Crippen molar-refractivity contribution in [2.24, 2.45) is 22.7 Å². The molecule has 4 unspecified atom stereocenters. The van der Waals surface area contributed by atoms with Crippen molar-refractivity contribution < 1.29 is 23.5 Å². The largest absolute Gasteiger partial charge is 0.466 e. The lowest BCUT2D eigenvalue weighted by Gasteiger charge is -2.65. The van der Waals surface area contributed by atoms with E-state index in [-0.39, 0.29) is 29.2 Å². The van der Waals surface area contributed by atoms with Crippen molar-refractivity contribution in [3.05, 3.63) is 23.3 Å². The fourth-order valence-corrected chi connectivity index (χ4v) is 13.5. The van der Waals surface area contributed by atoms with Crippen LogP contribution in [-0.2, 0) is 23.5 Å². The summed E-state index contributed by atoms with van der Waals surface area (Å²) in [6, 6.07) is 0. The summed E-state index contributed by atoms with van der Waals surface area (Å²) < 4.78 is 18.1. The zero-order chi connectivity index (χ0) is 25.1. The zero-order valence-electron chi connectivity index (χ0n) is 22.5. The Morgan fingerprint density at radius 2 is 1.42 bits per heavy atom. The maximum absolute atomic E-state index is 13.1. The van der Waals surface area contributed by atoms with Crippen LogP contribution in [-0.4, -0.2) is 40.1 Å². The number of fused-ring (bicyclic) bond motifs is 2. The Balaban J connectivity index is 2.33. The van der Waals surface area contributed by atoms with E-state index >= 15 is 0 Å². The predicted molar refractivity (Wildman–Crippen MR) is 133 cm³/mol. The smallest absolute Gasteiger partial charge is 0.336 e. The molecule has 0 aromatic heterocycles. The Morgan fingerprint density at radius 3 is 1.88 bits per heavy atom. The standard InChI is InChI=1S/C27H44O5Si/c1-16(2)33(17(3)4,18(5)6)32-27-19-12-20(23(28)30-10)21(14-25(7,8)13-19)26(27,9)15-22(27)24(29)31-11/h12,15-19,21H,13-14H2,1-11H3. The van der Waals surface area contributed by atoms with Crippen molar-refractivity contribution in [3.8, 4) is 0 Å². The number of carbonyl (C=O) groups excluding carboxylic acids is 2. The fourth-order valence-electron chi connectivity index (χ4n) is 7.74. The molecule has 186 valence electrons. The molecule has 0 aliphatic heterocycles. The molecular formula is C27H44O5Si. The van der Waals surface area contributed by atoms with Gasteiger partial charge in [-0.05, 0) is 34.9 Å². The molecule has 4 atom stereocenters. The normalized spacial score (nSPS) is 32.7. The lowest BCUT2D eigenvalue weighted by molar-refractivity contribution is -0.151. The molecule has 0 aromatic rings. The van der Waals surface area contributed by atoms with E-state index < -0.39 is 19.3 Å². The second-order valence-electron chi connectivity index (χ2n) is 12.3. The van der Waals surface area contributed by atoms with Gasteiger partial charge in [-0.2, -0.15) is 0 Å². The van der Waals surface area contributed by atoms with E-state index in [4.69, 9.17) is 13.9 Å². The van der Waals surface area contributed by atoms with E-state index in [9.17, 15) is 9.59 Å². The zero-order valence-corrected chi connectivity index (χ0v) is 23.5. The Labute approximate surface area is 201 Å². The molecule has 4 rings (SSSR count). The molecule has 4 aliphatic carbocycles. The van der Waals surface area contributed by atoms with Crippen LogP contribution in [0.15, 0.2) is 23.3 Å². The first-order valence-corrected chi connectivity index (χ1v) is 14.6. The minimum Gasteiger partial charge on any atom is -0.466 e. The number of methoxy groups -OCH3 is 2. The third-order valence-electron chi connectivity index (χ3n) is 9.05. The average molecular weight is 477 g/mol. The van der Waals surface area contributed by atoms with Gasteiger partial charge in [0.25, 0.3) is 0 Å². The summed E-state index contributed by atoms with van der Waals surface area (Å²) in [4.78, 5) is 26.0. The quantitative estimate of drug-likeness (QED) is 0.323. The minimum absolute atomic E-state index is 0.00884. The monoisotopic (exact) mass is 476 g/mol. The maximum atomic E-state index is 13.1. The van der Waals surface area contributed by atoms with Gasteiger partial charge >= 0.3 is 11.9 Å². The number of hydrogen-bond acceptors (Lipinski definition) is 5. The van der Waals surface area contributed by atoms with E-state index in [1.54, 1.807) is 0 Å². The molecule has 0 aromatic carbocycles. The van der Waals surface area contributed by atoms with Crippen LogP contribution in [0.25, 0.3) is 0 Å². The first kappa shape index (κ1) is 26.2. The van der Waals surface area contributed by atoms with Crippen LogP contribution in [0.4, 0.5) is 0 Å². The topological polar surface area (TPSA) is 61.8 Å². The molecule has 4 aliphatic rings. The number of carbonyl (C=O) groups is 2. The summed E-state index contributed by atoms with van der Waals surface area (Å²) in [7, 11) is 0.509. The highest BCUT2D eigenvalue weighted by atomic mass is 28.4. The van der Waals surface area contributed by atoms with Crippen molar-refractivity contribution in [1.29, 1.82) is 0 Å². The van der Waals surface area contributed by atoms with Gasteiger partial charge in [-0.3, -0.25) is 0 Å². The lowest BCUT2D eigenvalue weighted by atomic mass is 9.46. The van der Waals surface area contributed by atoms with Crippen LogP contribution in [0.3, 0.4) is 0 Å². The van der Waals surface area contributed by atoms with Gasteiger partial charge in [-0.1, -0.05) is 74.5 Å². The van der Waals surface area contributed by atoms with Crippen LogP contribution < -0.4 is 0 Å². The molecule has 1 saturated carbocycles. The molecule has 6 heteroatoms. The number of ether oxygens (including phenoxy) is 2. The summed E-state index contributed by atoms with van der Waals surface area (Å²) in [6.07, 6.45) is 5.82. The molecule has 33 heavy (non-hydrogen) atoms. The van der Waals surface area contributed by atoms with E-state index in [0.29, 0.717) is 22.2 Å². The third kappa shape index (κ3) is 3.50. The Bertz CT molecular complexity index is 861. The molecule has 2 bridgehead atoms. The number of esters is 2. The summed E-state index contributed by atoms with van der Waals surface area (Å²) in [5.41, 5.74) is 1.20. The second kappa shape index (κ2) is 8.37. The van der Waals surface area contributed by atoms with E-state index in [1.165, 1.54) is 14.2 Å². The SMILES string of the molecule is COC(=O)C1=CC2CC(C)(C)CC1C1(C)C=C(C(=O)OC)C21O[Si](C(C)C)(C(C)C)C(C)C. The molecular weight excluding hydrogens is 432 g/mol. The fraction of sp³-hybridized carbons (Fsp3) is 0.778. The van der Waals surface area contributed by atoms with Gasteiger partial charge in [0.2, 0.25) is 8.32 Å².